The van der Waals surface area contributed by atoms with Gasteiger partial charge in [0.15, 0.2) is 0 Å². The number of nitrogens with zero attached hydrogens (tertiary/aromatic N) is 1. The van der Waals surface area contributed by atoms with Gasteiger partial charge in [-0.25, -0.2) is 13.6 Å². The number of hydrogen-bond acceptors (Lipinski definition) is 2. The first-order chi connectivity index (χ1) is 8.74. The smallest absolute Gasteiger partial charge is 0.352 e. The summed E-state index contributed by atoms with van der Waals surface area (Å²) in [4.78, 5) is 22.0. The highest BCUT2D eigenvalue weighted by molar-refractivity contribution is 5.86. The van der Waals surface area contributed by atoms with E-state index in [4.69, 9.17) is 5.11 Å². The van der Waals surface area contributed by atoms with Crippen LogP contribution in [0.4, 0.5) is 17.6 Å². The molecule has 2 N–H and O–H groups in total. The van der Waals surface area contributed by atoms with Crippen molar-refractivity contribution in [1.29, 1.82) is 0 Å². The number of aromatic carboxylic acids is 1. The van der Waals surface area contributed by atoms with Gasteiger partial charge in [0.05, 0.1) is 6.54 Å². The third kappa shape index (κ3) is 3.97. The van der Waals surface area contributed by atoms with Gasteiger partial charge in [-0.3, -0.25) is 4.79 Å². The maximum absolute atomic E-state index is 12.5. The van der Waals surface area contributed by atoms with Gasteiger partial charge < -0.3 is 15.0 Å². The van der Waals surface area contributed by atoms with Gasteiger partial charge in [-0.15, -0.1) is 0 Å². The Morgan fingerprint density at radius 3 is 2.58 bits per heavy atom. The van der Waals surface area contributed by atoms with E-state index in [-0.39, 0.29) is 5.69 Å². The first-order valence-electron chi connectivity index (χ1n) is 5.05. The fraction of sp³-hybridized carbons (Fsp3) is 0.400. The van der Waals surface area contributed by atoms with Crippen LogP contribution in [0.15, 0.2) is 18.3 Å². The summed E-state index contributed by atoms with van der Waals surface area (Å²) in [6.45, 7) is -2.05. The molecule has 5 nitrogen and oxygen atoms in total. The average molecular weight is 282 g/mol. The minimum Gasteiger partial charge on any atom is -0.477 e. The maximum Gasteiger partial charge on any atom is 0.352 e. The number of carbonyl (C=O) groups excluding carboxylic acids is 1. The van der Waals surface area contributed by atoms with Gasteiger partial charge in [0.2, 0.25) is 5.91 Å². The molecule has 0 bridgehead atoms. The zero-order chi connectivity index (χ0) is 14.6. The summed E-state index contributed by atoms with van der Waals surface area (Å²) in [5.74, 6) is -6.60. The van der Waals surface area contributed by atoms with Crippen LogP contribution < -0.4 is 5.32 Å². The van der Waals surface area contributed by atoms with Crippen LogP contribution in [-0.4, -0.2) is 40.4 Å². The molecule has 0 unspecified atom stereocenters. The number of nitrogens with one attached hydrogen (secondary N) is 1. The molecule has 1 aromatic rings. The molecule has 19 heavy (non-hydrogen) atoms. The van der Waals surface area contributed by atoms with E-state index in [1.165, 1.54) is 18.3 Å². The topological polar surface area (TPSA) is 71.3 Å². The summed E-state index contributed by atoms with van der Waals surface area (Å²) in [7, 11) is 0. The molecular formula is C10H10F4N2O3. The fourth-order valence-corrected chi connectivity index (χ4v) is 1.25. The number of aromatic nitrogens is 1. The van der Waals surface area contributed by atoms with Crippen molar-refractivity contribution in [2.24, 2.45) is 0 Å². The van der Waals surface area contributed by atoms with Crippen LogP contribution in [-0.2, 0) is 11.3 Å². The highest BCUT2D eigenvalue weighted by Crippen LogP contribution is 2.21. The van der Waals surface area contributed by atoms with E-state index in [0.717, 1.165) is 4.57 Å². The van der Waals surface area contributed by atoms with Gasteiger partial charge in [-0.2, -0.15) is 8.78 Å². The van der Waals surface area contributed by atoms with E-state index in [9.17, 15) is 27.2 Å². The molecule has 0 aromatic carbocycles. The van der Waals surface area contributed by atoms with Gasteiger partial charge in [0.25, 0.3) is 0 Å². The van der Waals surface area contributed by atoms with Crippen molar-refractivity contribution >= 4 is 11.9 Å². The third-order valence-corrected chi connectivity index (χ3v) is 2.20. The molecule has 1 amide bonds. The number of amides is 1. The average Bonchev–Trinajstić information content (AvgIpc) is 2.74. The fourth-order valence-electron chi connectivity index (χ4n) is 1.25. The molecule has 1 rings (SSSR count). The van der Waals surface area contributed by atoms with Crippen LogP contribution in [0.1, 0.15) is 10.5 Å². The minimum absolute atomic E-state index is 0.212. The highest BCUT2D eigenvalue weighted by atomic mass is 19.3. The number of rotatable bonds is 6. The molecule has 0 aliphatic carbocycles. The Morgan fingerprint density at radius 1 is 1.42 bits per heavy atom. The van der Waals surface area contributed by atoms with Crippen molar-refractivity contribution in [2.45, 2.75) is 18.9 Å². The van der Waals surface area contributed by atoms with Gasteiger partial charge >= 0.3 is 18.3 Å². The maximum atomic E-state index is 12.5. The largest absolute Gasteiger partial charge is 0.477 e. The van der Waals surface area contributed by atoms with E-state index >= 15 is 0 Å². The zero-order valence-electron chi connectivity index (χ0n) is 9.45. The molecular weight excluding hydrogens is 272 g/mol. The molecule has 0 saturated carbocycles. The molecule has 0 aliphatic heterocycles. The Labute approximate surface area is 104 Å². The van der Waals surface area contributed by atoms with Crippen molar-refractivity contribution in [2.75, 3.05) is 6.54 Å². The highest BCUT2D eigenvalue weighted by Gasteiger charge is 2.40. The van der Waals surface area contributed by atoms with Crippen LogP contribution in [0.25, 0.3) is 0 Å². The summed E-state index contributed by atoms with van der Waals surface area (Å²) < 4.78 is 49.7. The van der Waals surface area contributed by atoms with Crippen molar-refractivity contribution in [3.05, 3.63) is 24.0 Å². The van der Waals surface area contributed by atoms with E-state index in [2.05, 4.69) is 0 Å². The van der Waals surface area contributed by atoms with Crippen molar-refractivity contribution in [1.82, 2.24) is 9.88 Å². The second kappa shape index (κ2) is 5.72. The van der Waals surface area contributed by atoms with Gasteiger partial charge in [0.1, 0.15) is 12.2 Å². The minimum atomic E-state index is -4.32. The van der Waals surface area contributed by atoms with E-state index in [0.29, 0.717) is 0 Å². The van der Waals surface area contributed by atoms with Gasteiger partial charge in [-0.05, 0) is 12.1 Å². The first-order valence-corrected chi connectivity index (χ1v) is 5.05. The van der Waals surface area contributed by atoms with Crippen LogP contribution in [0.2, 0.25) is 0 Å². The summed E-state index contributed by atoms with van der Waals surface area (Å²) in [6, 6.07) is 2.56. The Hall–Kier alpha value is -2.06. The predicted octanol–water partition coefficient (Wildman–Crippen LogP) is 1.20. The van der Waals surface area contributed by atoms with Crippen LogP contribution in [0.5, 0.6) is 0 Å². The lowest BCUT2D eigenvalue weighted by Crippen LogP contribution is -2.42. The number of hydrogen-bond donors (Lipinski definition) is 2. The van der Waals surface area contributed by atoms with Crippen LogP contribution in [0.3, 0.4) is 0 Å². The summed E-state index contributed by atoms with van der Waals surface area (Å²) in [5, 5.41) is 10.4. The van der Waals surface area contributed by atoms with Crippen molar-refractivity contribution in [3.63, 3.8) is 0 Å². The molecule has 1 aromatic heterocycles. The van der Waals surface area contributed by atoms with Crippen LogP contribution >= 0.6 is 0 Å². The zero-order valence-corrected chi connectivity index (χ0v) is 9.45. The summed E-state index contributed by atoms with van der Waals surface area (Å²) in [6.07, 6.45) is -2.62. The lowest BCUT2D eigenvalue weighted by Gasteiger charge is -2.16. The monoisotopic (exact) mass is 282 g/mol. The third-order valence-electron chi connectivity index (χ3n) is 2.20. The molecule has 0 atom stereocenters. The SMILES string of the molecule is O=C(Cn1cccc1C(=O)O)NCC(F)(F)C(F)F. The standard InChI is InChI=1S/C10H10F4N2O3/c11-9(12)10(13,14)5-15-7(17)4-16-3-1-2-6(16)8(18)19/h1-3,9H,4-5H2,(H,15,17)(H,18,19). The van der Waals surface area contributed by atoms with E-state index in [1.54, 1.807) is 5.32 Å². The Morgan fingerprint density at radius 2 is 2.05 bits per heavy atom. The number of carboxylic acid groups (broad SMARTS) is 1. The predicted molar refractivity (Wildman–Crippen MR) is 55.4 cm³/mol. The lowest BCUT2D eigenvalue weighted by atomic mass is 10.3. The summed E-state index contributed by atoms with van der Waals surface area (Å²) in [5.41, 5.74) is -0.212. The van der Waals surface area contributed by atoms with Gasteiger partial charge in [0, 0.05) is 6.20 Å². The second-order valence-corrected chi connectivity index (χ2v) is 3.66. The molecule has 9 heteroatoms. The number of alkyl halides is 4. The molecule has 0 fully saturated rings. The first kappa shape index (κ1) is 15.0. The van der Waals surface area contributed by atoms with E-state index < -0.39 is 37.3 Å². The molecule has 1 heterocycles. The molecule has 0 aliphatic rings. The van der Waals surface area contributed by atoms with Crippen molar-refractivity contribution < 1.29 is 32.3 Å². The van der Waals surface area contributed by atoms with Crippen LogP contribution in [0, 0.1) is 0 Å². The molecule has 0 radical (unpaired) electrons. The normalized spacial score (nSPS) is 11.6. The molecule has 0 saturated heterocycles. The summed E-state index contributed by atoms with van der Waals surface area (Å²) >= 11 is 0. The number of carbonyl (C=O) groups is 2. The van der Waals surface area contributed by atoms with E-state index in [1.807, 2.05) is 0 Å². The Balaban J connectivity index is 2.57. The van der Waals surface area contributed by atoms with Gasteiger partial charge in [-0.1, -0.05) is 0 Å². The van der Waals surface area contributed by atoms with Crippen molar-refractivity contribution in [3.8, 4) is 0 Å². The Bertz CT molecular complexity index is 473. The molecule has 106 valence electrons. The number of halogens is 4. The second-order valence-electron chi connectivity index (χ2n) is 3.66. The Kier molecular flexibility index (Phi) is 4.52. The number of carboxylic acids is 1. The quantitative estimate of drug-likeness (QED) is 0.770. The molecule has 0 spiro atoms. The lowest BCUT2D eigenvalue weighted by molar-refractivity contribution is -0.136.